The van der Waals surface area contributed by atoms with Crippen LogP contribution in [-0.4, -0.2) is 30.5 Å². The maximum atomic E-state index is 13.0. The Bertz CT molecular complexity index is 1180. The quantitative estimate of drug-likeness (QED) is 0.549. The molecule has 0 radical (unpaired) electrons. The zero-order chi connectivity index (χ0) is 21.3. The van der Waals surface area contributed by atoms with Crippen LogP contribution < -0.4 is 5.32 Å². The second-order valence-electron chi connectivity index (χ2n) is 6.44. The highest BCUT2D eigenvalue weighted by Gasteiger charge is 2.30. The fourth-order valence-electron chi connectivity index (χ4n) is 2.85. The number of anilines is 1. The van der Waals surface area contributed by atoms with E-state index < -0.39 is 17.6 Å². The number of halogens is 3. The second kappa shape index (κ2) is 7.47. The molecule has 10 heteroatoms. The maximum absolute atomic E-state index is 13.0. The largest absolute Gasteiger partial charge is 0.416 e. The van der Waals surface area contributed by atoms with E-state index in [2.05, 4.69) is 20.5 Å². The summed E-state index contributed by atoms with van der Waals surface area (Å²) in [5, 5.41) is 10.9. The smallest absolute Gasteiger partial charge is 0.306 e. The van der Waals surface area contributed by atoms with Gasteiger partial charge in [0.05, 0.1) is 22.5 Å². The number of nitrogens with zero attached hydrogens (tertiary/aromatic N) is 5. The number of amides is 1. The lowest BCUT2D eigenvalue weighted by Crippen LogP contribution is -2.16. The van der Waals surface area contributed by atoms with Gasteiger partial charge in [-0.2, -0.15) is 23.4 Å². The zero-order valence-corrected chi connectivity index (χ0v) is 15.6. The third-order valence-corrected chi connectivity index (χ3v) is 4.24. The van der Waals surface area contributed by atoms with Crippen molar-refractivity contribution in [2.75, 3.05) is 5.32 Å². The van der Waals surface area contributed by atoms with Crippen LogP contribution in [-0.2, 0) is 6.18 Å². The van der Waals surface area contributed by atoms with E-state index in [9.17, 15) is 18.0 Å². The van der Waals surface area contributed by atoms with E-state index >= 15 is 0 Å². The maximum Gasteiger partial charge on any atom is 0.416 e. The molecule has 0 aliphatic heterocycles. The fourth-order valence-corrected chi connectivity index (χ4v) is 2.85. The van der Waals surface area contributed by atoms with Gasteiger partial charge in [0, 0.05) is 24.7 Å². The van der Waals surface area contributed by atoms with E-state index in [1.807, 2.05) is 0 Å². The van der Waals surface area contributed by atoms with Gasteiger partial charge in [0.1, 0.15) is 5.82 Å². The van der Waals surface area contributed by atoms with Crippen molar-refractivity contribution in [3.8, 4) is 11.5 Å². The van der Waals surface area contributed by atoms with Crippen molar-refractivity contribution in [3.63, 3.8) is 0 Å². The first-order valence-corrected chi connectivity index (χ1v) is 8.83. The summed E-state index contributed by atoms with van der Waals surface area (Å²) in [6, 6.07) is 11.3. The van der Waals surface area contributed by atoms with Gasteiger partial charge in [-0.25, -0.2) is 14.3 Å². The average molecular weight is 412 g/mol. The van der Waals surface area contributed by atoms with Crippen LogP contribution in [0.5, 0.6) is 0 Å². The minimum atomic E-state index is -4.48. The lowest BCUT2D eigenvalue weighted by molar-refractivity contribution is -0.137. The van der Waals surface area contributed by atoms with Crippen molar-refractivity contribution in [2.24, 2.45) is 0 Å². The van der Waals surface area contributed by atoms with Gasteiger partial charge in [-0.05, 0) is 43.3 Å². The summed E-state index contributed by atoms with van der Waals surface area (Å²) in [6.07, 6.45) is 0.242. The van der Waals surface area contributed by atoms with Crippen molar-refractivity contribution in [1.82, 2.24) is 24.5 Å². The monoisotopic (exact) mass is 412 g/mol. The number of carbonyl (C=O) groups is 1. The number of hydrogen-bond acceptors (Lipinski definition) is 4. The van der Waals surface area contributed by atoms with Crippen molar-refractivity contribution < 1.29 is 18.0 Å². The van der Waals surface area contributed by atoms with E-state index in [1.54, 1.807) is 48.3 Å². The van der Waals surface area contributed by atoms with Crippen LogP contribution in [0.1, 0.15) is 21.6 Å². The predicted octanol–water partition coefficient (Wildman–Crippen LogP) is 4.03. The number of rotatable bonds is 4. The highest BCUT2D eigenvalue weighted by molar-refractivity contribution is 6.03. The Balaban J connectivity index is 1.59. The number of pyridine rings is 1. The van der Waals surface area contributed by atoms with Gasteiger partial charge in [-0.15, -0.1) is 0 Å². The van der Waals surface area contributed by atoms with E-state index in [-0.39, 0.29) is 17.1 Å². The van der Waals surface area contributed by atoms with Gasteiger partial charge in [0.25, 0.3) is 5.91 Å². The van der Waals surface area contributed by atoms with Crippen LogP contribution in [0, 0.1) is 6.92 Å². The summed E-state index contributed by atoms with van der Waals surface area (Å²) in [5.41, 5.74) is 0.194. The van der Waals surface area contributed by atoms with Gasteiger partial charge >= 0.3 is 6.18 Å². The molecule has 0 unspecified atom stereocenters. The number of benzene rings is 1. The Morgan fingerprint density at radius 1 is 1.10 bits per heavy atom. The summed E-state index contributed by atoms with van der Waals surface area (Å²) in [4.78, 5) is 16.8. The Hall–Kier alpha value is -3.95. The number of carbonyl (C=O) groups excluding carboxylic acids is 1. The van der Waals surface area contributed by atoms with Crippen molar-refractivity contribution >= 4 is 11.7 Å². The van der Waals surface area contributed by atoms with E-state index in [0.29, 0.717) is 11.5 Å². The molecule has 0 bridgehead atoms. The zero-order valence-electron chi connectivity index (χ0n) is 15.6. The highest BCUT2D eigenvalue weighted by Crippen LogP contribution is 2.31. The molecule has 0 saturated heterocycles. The Kier molecular flexibility index (Phi) is 4.82. The number of aryl methyl sites for hydroxylation is 1. The molecule has 7 nitrogen and oxygen atoms in total. The van der Waals surface area contributed by atoms with Gasteiger partial charge < -0.3 is 5.32 Å². The van der Waals surface area contributed by atoms with Crippen LogP contribution in [0.2, 0.25) is 0 Å². The minimum absolute atomic E-state index is 0.181. The molecular weight excluding hydrogens is 397 g/mol. The van der Waals surface area contributed by atoms with Crippen molar-refractivity contribution in [2.45, 2.75) is 13.1 Å². The summed E-state index contributed by atoms with van der Waals surface area (Å²) < 4.78 is 41.9. The van der Waals surface area contributed by atoms with E-state index in [0.717, 1.165) is 12.1 Å². The van der Waals surface area contributed by atoms with Gasteiger partial charge in [-0.3, -0.25) is 4.79 Å². The number of aromatic nitrogens is 5. The van der Waals surface area contributed by atoms with Gasteiger partial charge in [0.15, 0.2) is 5.82 Å². The molecule has 30 heavy (non-hydrogen) atoms. The molecule has 0 atom stereocenters. The molecule has 0 saturated carbocycles. The van der Waals surface area contributed by atoms with E-state index in [1.165, 1.54) is 23.0 Å². The topological polar surface area (TPSA) is 77.6 Å². The van der Waals surface area contributed by atoms with Gasteiger partial charge in [-0.1, -0.05) is 6.07 Å². The van der Waals surface area contributed by atoms with Crippen LogP contribution in [0.3, 0.4) is 0 Å². The molecule has 3 aromatic heterocycles. The summed E-state index contributed by atoms with van der Waals surface area (Å²) in [6.45, 7) is 1.68. The lowest BCUT2D eigenvalue weighted by atomic mass is 10.2. The normalized spacial score (nSPS) is 11.5. The molecule has 4 aromatic rings. The number of alkyl halides is 3. The summed E-state index contributed by atoms with van der Waals surface area (Å²) >= 11 is 0. The van der Waals surface area contributed by atoms with Crippen LogP contribution in [0.15, 0.2) is 67.1 Å². The number of hydrogen-bond donors (Lipinski definition) is 1. The molecular formula is C20H15F3N6O. The standard InChI is InChI=1S/C20H15F3N6O/c1-13-10-18(29(27-13)16-5-2-4-15(11-16)20(21,22)23)26-19(30)14-6-7-17(24-12-14)28-9-3-8-25-28/h2-12H,1H3,(H,26,30). The van der Waals surface area contributed by atoms with Crippen LogP contribution in [0.4, 0.5) is 19.0 Å². The Labute approximate surface area is 168 Å². The average Bonchev–Trinajstić information content (AvgIpc) is 3.37. The molecule has 152 valence electrons. The molecule has 4 rings (SSSR count). The van der Waals surface area contributed by atoms with Crippen LogP contribution in [0.25, 0.3) is 11.5 Å². The highest BCUT2D eigenvalue weighted by atomic mass is 19.4. The lowest BCUT2D eigenvalue weighted by Gasteiger charge is -2.12. The molecule has 3 heterocycles. The van der Waals surface area contributed by atoms with Crippen molar-refractivity contribution in [3.05, 3.63) is 83.9 Å². The Morgan fingerprint density at radius 3 is 2.60 bits per heavy atom. The minimum Gasteiger partial charge on any atom is -0.306 e. The third kappa shape index (κ3) is 3.93. The second-order valence-corrected chi connectivity index (χ2v) is 6.44. The first-order chi connectivity index (χ1) is 14.3. The van der Waals surface area contributed by atoms with Crippen molar-refractivity contribution in [1.29, 1.82) is 0 Å². The molecule has 1 N–H and O–H groups in total. The number of nitrogens with one attached hydrogen (secondary N) is 1. The summed E-state index contributed by atoms with van der Waals surface area (Å²) in [5.74, 6) is 0.317. The Morgan fingerprint density at radius 2 is 1.93 bits per heavy atom. The van der Waals surface area contributed by atoms with Crippen LogP contribution >= 0.6 is 0 Å². The molecule has 0 fully saturated rings. The fraction of sp³-hybridized carbons (Fsp3) is 0.100. The molecule has 0 spiro atoms. The first kappa shape index (κ1) is 19.4. The molecule has 0 aliphatic carbocycles. The SMILES string of the molecule is Cc1cc(NC(=O)c2ccc(-n3cccn3)nc2)n(-c2cccc(C(F)(F)F)c2)n1. The molecule has 1 aromatic carbocycles. The molecule has 1 amide bonds. The third-order valence-electron chi connectivity index (χ3n) is 4.24. The predicted molar refractivity (Wildman–Crippen MR) is 103 cm³/mol. The van der Waals surface area contributed by atoms with Gasteiger partial charge in [0.2, 0.25) is 0 Å². The first-order valence-electron chi connectivity index (χ1n) is 8.83. The summed E-state index contributed by atoms with van der Waals surface area (Å²) in [7, 11) is 0. The van der Waals surface area contributed by atoms with E-state index in [4.69, 9.17) is 0 Å². The molecule has 0 aliphatic rings.